The van der Waals surface area contributed by atoms with Gasteiger partial charge in [0.1, 0.15) is 0 Å². The molecule has 0 aromatic heterocycles. The number of hydrogen-bond donors (Lipinski definition) is 3. The molecule has 0 fully saturated rings. The van der Waals surface area contributed by atoms with Crippen molar-refractivity contribution in [2.24, 2.45) is 17.7 Å². The Balaban J connectivity index is 3.04. The van der Waals surface area contributed by atoms with Crippen LogP contribution in [0.4, 0.5) is 0 Å². The Morgan fingerprint density at radius 2 is 1.78 bits per heavy atom. The lowest BCUT2D eigenvalue weighted by Crippen LogP contribution is -2.42. The molecule has 0 bridgehead atoms. The summed E-state index contributed by atoms with van der Waals surface area (Å²) in [5.74, 6) is 1.95. The van der Waals surface area contributed by atoms with Crippen molar-refractivity contribution in [3.63, 3.8) is 0 Å². The van der Waals surface area contributed by atoms with E-state index in [0.717, 1.165) is 5.56 Å². The average molecular weight is 250 g/mol. The van der Waals surface area contributed by atoms with Gasteiger partial charge in [-0.15, -0.1) is 0 Å². The summed E-state index contributed by atoms with van der Waals surface area (Å²) < 4.78 is 0. The topological polar surface area (TPSA) is 92.4 Å². The smallest absolute Gasteiger partial charge is 0.307 e. The van der Waals surface area contributed by atoms with Gasteiger partial charge in [0, 0.05) is 0 Å². The highest BCUT2D eigenvalue weighted by atomic mass is 16.4. The van der Waals surface area contributed by atoms with Crippen LogP contribution in [0.2, 0.25) is 0 Å². The van der Waals surface area contributed by atoms with E-state index in [1.165, 1.54) is 6.92 Å². The van der Waals surface area contributed by atoms with Crippen LogP contribution in [0, 0.1) is 11.8 Å². The molecular formula is C13H18N2O3. The molecule has 4 N–H and O–H groups in total. The molecule has 5 heteroatoms. The molecule has 5 nitrogen and oxygen atoms in total. The number of benzene rings is 1. The number of carboxylic acids is 1. The first kappa shape index (κ1) is 14.2. The molecule has 98 valence electrons. The fraction of sp³-hybridized carbons (Fsp3) is 0.385. The second-order valence-electron chi connectivity index (χ2n) is 4.36. The van der Waals surface area contributed by atoms with Gasteiger partial charge >= 0.3 is 5.97 Å². The minimum Gasteiger partial charge on any atom is -0.481 e. The van der Waals surface area contributed by atoms with Crippen LogP contribution in [0.5, 0.6) is 0 Å². The lowest BCUT2D eigenvalue weighted by atomic mass is 9.79. The van der Waals surface area contributed by atoms with Crippen molar-refractivity contribution in [1.82, 2.24) is 5.43 Å². The van der Waals surface area contributed by atoms with Gasteiger partial charge in [0.05, 0.1) is 11.8 Å². The van der Waals surface area contributed by atoms with Crippen LogP contribution < -0.4 is 11.3 Å². The van der Waals surface area contributed by atoms with E-state index < -0.39 is 23.7 Å². The third-order valence-electron chi connectivity index (χ3n) is 3.24. The van der Waals surface area contributed by atoms with Gasteiger partial charge < -0.3 is 5.11 Å². The standard InChI is InChI=1S/C13H18N2O3/c1-8(10-6-4-3-5-7-10)11(12(16)15-14)9(2)13(17)18/h3-9,11H,14H2,1-2H3,(H,15,16)(H,17,18). The maximum Gasteiger partial charge on any atom is 0.307 e. The maximum absolute atomic E-state index is 11.8. The molecule has 0 saturated heterocycles. The molecule has 1 rings (SSSR count). The van der Waals surface area contributed by atoms with Crippen LogP contribution in [0.15, 0.2) is 30.3 Å². The van der Waals surface area contributed by atoms with Crippen molar-refractivity contribution >= 4 is 11.9 Å². The number of aliphatic carboxylic acids is 1. The molecule has 0 aliphatic carbocycles. The highest BCUT2D eigenvalue weighted by Gasteiger charge is 2.34. The number of carbonyl (C=O) groups is 2. The van der Waals surface area contributed by atoms with Gasteiger partial charge in [-0.05, 0) is 11.5 Å². The van der Waals surface area contributed by atoms with Crippen LogP contribution >= 0.6 is 0 Å². The maximum atomic E-state index is 11.8. The first-order valence-electron chi connectivity index (χ1n) is 5.77. The molecule has 1 aromatic rings. The average Bonchev–Trinajstić information content (AvgIpc) is 2.39. The van der Waals surface area contributed by atoms with E-state index in [-0.39, 0.29) is 5.92 Å². The summed E-state index contributed by atoms with van der Waals surface area (Å²) in [5, 5.41) is 9.07. The minimum absolute atomic E-state index is 0.221. The van der Waals surface area contributed by atoms with Gasteiger partial charge in [0.2, 0.25) is 5.91 Å². The van der Waals surface area contributed by atoms with Crippen molar-refractivity contribution in [3.05, 3.63) is 35.9 Å². The number of amides is 1. The number of carbonyl (C=O) groups excluding carboxylic acids is 1. The van der Waals surface area contributed by atoms with E-state index in [0.29, 0.717) is 0 Å². The number of hydrogen-bond acceptors (Lipinski definition) is 3. The molecule has 18 heavy (non-hydrogen) atoms. The zero-order chi connectivity index (χ0) is 13.7. The molecule has 1 aromatic carbocycles. The monoisotopic (exact) mass is 250 g/mol. The van der Waals surface area contributed by atoms with E-state index in [9.17, 15) is 9.59 Å². The molecule has 3 unspecified atom stereocenters. The summed E-state index contributed by atoms with van der Waals surface area (Å²) in [6.07, 6.45) is 0. The Morgan fingerprint density at radius 1 is 1.22 bits per heavy atom. The Hall–Kier alpha value is -1.88. The lowest BCUT2D eigenvalue weighted by molar-refractivity contribution is -0.147. The van der Waals surface area contributed by atoms with Crippen molar-refractivity contribution in [3.8, 4) is 0 Å². The van der Waals surface area contributed by atoms with Crippen LogP contribution in [-0.4, -0.2) is 17.0 Å². The predicted molar refractivity (Wildman–Crippen MR) is 67.5 cm³/mol. The second kappa shape index (κ2) is 6.16. The van der Waals surface area contributed by atoms with Gasteiger partial charge in [0.25, 0.3) is 0 Å². The Morgan fingerprint density at radius 3 is 2.22 bits per heavy atom. The highest BCUT2D eigenvalue weighted by Crippen LogP contribution is 2.30. The summed E-state index contributed by atoms with van der Waals surface area (Å²) in [5.41, 5.74) is 2.97. The quantitative estimate of drug-likeness (QED) is 0.415. The summed E-state index contributed by atoms with van der Waals surface area (Å²) in [4.78, 5) is 22.8. The normalized spacial score (nSPS) is 15.5. The lowest BCUT2D eigenvalue weighted by Gasteiger charge is -2.25. The van der Waals surface area contributed by atoms with E-state index in [4.69, 9.17) is 10.9 Å². The number of carboxylic acid groups (broad SMARTS) is 1. The molecule has 0 spiro atoms. The fourth-order valence-corrected chi connectivity index (χ4v) is 2.10. The number of rotatable bonds is 5. The van der Waals surface area contributed by atoms with Gasteiger partial charge in [-0.1, -0.05) is 44.2 Å². The largest absolute Gasteiger partial charge is 0.481 e. The number of nitrogens with two attached hydrogens (primary N) is 1. The van der Waals surface area contributed by atoms with Gasteiger partial charge in [-0.3, -0.25) is 15.0 Å². The molecular weight excluding hydrogens is 232 g/mol. The SMILES string of the molecule is CC(C(=O)O)C(C(=O)NN)C(C)c1ccccc1. The molecule has 0 aliphatic heterocycles. The summed E-state index contributed by atoms with van der Waals surface area (Å²) in [6.45, 7) is 3.34. The molecule has 0 heterocycles. The Kier molecular flexibility index (Phi) is 4.85. The third kappa shape index (κ3) is 3.07. The zero-order valence-corrected chi connectivity index (χ0v) is 10.5. The molecule has 0 saturated carbocycles. The van der Waals surface area contributed by atoms with Crippen molar-refractivity contribution < 1.29 is 14.7 Å². The van der Waals surface area contributed by atoms with Crippen LogP contribution in [-0.2, 0) is 9.59 Å². The molecule has 0 radical (unpaired) electrons. The zero-order valence-electron chi connectivity index (χ0n) is 10.5. The first-order valence-corrected chi connectivity index (χ1v) is 5.77. The van der Waals surface area contributed by atoms with E-state index >= 15 is 0 Å². The van der Waals surface area contributed by atoms with Crippen molar-refractivity contribution in [2.75, 3.05) is 0 Å². The van der Waals surface area contributed by atoms with Crippen LogP contribution in [0.1, 0.15) is 25.3 Å². The van der Waals surface area contributed by atoms with Crippen molar-refractivity contribution in [2.45, 2.75) is 19.8 Å². The molecule has 3 atom stereocenters. The summed E-state index contributed by atoms with van der Waals surface area (Å²) in [7, 11) is 0. The molecule has 1 amide bonds. The van der Waals surface area contributed by atoms with Crippen molar-refractivity contribution in [1.29, 1.82) is 0 Å². The minimum atomic E-state index is -1.01. The van der Waals surface area contributed by atoms with Gasteiger partial charge in [-0.25, -0.2) is 5.84 Å². The Bertz CT molecular complexity index is 420. The van der Waals surface area contributed by atoms with E-state index in [1.54, 1.807) is 0 Å². The van der Waals surface area contributed by atoms with E-state index in [2.05, 4.69) is 0 Å². The first-order chi connectivity index (χ1) is 8.49. The molecule has 0 aliphatic rings. The van der Waals surface area contributed by atoms with E-state index in [1.807, 2.05) is 42.7 Å². The number of nitrogens with one attached hydrogen (secondary N) is 1. The summed E-state index contributed by atoms with van der Waals surface area (Å²) >= 11 is 0. The summed E-state index contributed by atoms with van der Waals surface area (Å²) in [6, 6.07) is 9.32. The third-order valence-corrected chi connectivity index (χ3v) is 3.24. The van der Waals surface area contributed by atoms with Crippen LogP contribution in [0.3, 0.4) is 0 Å². The van der Waals surface area contributed by atoms with Crippen LogP contribution in [0.25, 0.3) is 0 Å². The second-order valence-corrected chi connectivity index (χ2v) is 4.36. The van der Waals surface area contributed by atoms with Gasteiger partial charge in [-0.2, -0.15) is 0 Å². The Labute approximate surface area is 106 Å². The predicted octanol–water partition coefficient (Wildman–Crippen LogP) is 1.12. The fourth-order valence-electron chi connectivity index (χ4n) is 2.10. The van der Waals surface area contributed by atoms with Gasteiger partial charge in [0.15, 0.2) is 0 Å². The number of hydrazine groups is 1. The highest BCUT2D eigenvalue weighted by molar-refractivity contribution is 5.85.